The number of hydrogen-bond acceptors (Lipinski definition) is 5. The second kappa shape index (κ2) is 9.21. The number of hydrogen-bond donors (Lipinski definition) is 0. The third-order valence-corrected chi connectivity index (χ3v) is 14.3. The van der Waals surface area contributed by atoms with Gasteiger partial charge in [0.2, 0.25) is 14.1 Å². The van der Waals surface area contributed by atoms with Crippen molar-refractivity contribution >= 4 is 31.3 Å². The summed E-state index contributed by atoms with van der Waals surface area (Å²) >= 11 is 0. The number of fused-ring (bicyclic) bond motifs is 2. The van der Waals surface area contributed by atoms with Crippen LogP contribution in [0.4, 0.5) is 11.4 Å². The third kappa shape index (κ3) is 3.95. The van der Waals surface area contributed by atoms with Crippen molar-refractivity contribution in [2.45, 2.75) is 84.0 Å². The van der Waals surface area contributed by atoms with Crippen LogP contribution < -0.4 is 9.64 Å². The molecule has 2 aromatic carbocycles. The van der Waals surface area contributed by atoms with Crippen molar-refractivity contribution in [2.24, 2.45) is 4.99 Å². The molecule has 2 aliphatic heterocycles. The number of benzene rings is 2. The normalized spacial score (nSPS) is 19.9. The van der Waals surface area contributed by atoms with Crippen molar-refractivity contribution in [3.05, 3.63) is 53.1 Å². The molecule has 1 fully saturated rings. The van der Waals surface area contributed by atoms with Crippen LogP contribution in [0.15, 0.2) is 41.4 Å². The molecule has 0 N–H and O–H groups in total. The Labute approximate surface area is 211 Å². The highest BCUT2D eigenvalue weighted by Gasteiger charge is 2.60. The summed E-state index contributed by atoms with van der Waals surface area (Å²) in [6.07, 6.45) is 0.601. The third-order valence-electron chi connectivity index (χ3n) is 8.20. The first kappa shape index (κ1) is 25.6. The molecule has 0 unspecified atom stereocenters. The molecule has 35 heavy (non-hydrogen) atoms. The Kier molecular flexibility index (Phi) is 6.75. The quantitative estimate of drug-likeness (QED) is 0.378. The van der Waals surface area contributed by atoms with E-state index in [0.29, 0.717) is 35.2 Å². The Hall–Kier alpha value is -2.44. The molecule has 0 saturated carbocycles. The summed E-state index contributed by atoms with van der Waals surface area (Å²) in [4.78, 5) is 21.8. The Balaban J connectivity index is 1.93. The fourth-order valence-corrected chi connectivity index (χ4v) is 11.9. The van der Waals surface area contributed by atoms with Gasteiger partial charge >= 0.3 is 0 Å². The van der Waals surface area contributed by atoms with Crippen LogP contribution in [0.5, 0.6) is 5.75 Å². The predicted octanol–water partition coefficient (Wildman–Crippen LogP) is 7.38. The molecule has 2 aliphatic rings. The lowest BCUT2D eigenvalue weighted by Crippen LogP contribution is -2.61. The highest BCUT2D eigenvalue weighted by Crippen LogP contribution is 2.50. The lowest BCUT2D eigenvalue weighted by Gasteiger charge is -2.48. The first-order valence-electron chi connectivity index (χ1n) is 12.8. The smallest absolute Gasteiger partial charge is 0.203 e. The molecule has 188 valence electrons. The first-order valence-corrected chi connectivity index (χ1v) is 15.0. The molecule has 2 aromatic rings. The van der Waals surface area contributed by atoms with Crippen LogP contribution in [0, 0.1) is 13.8 Å². The number of amidine groups is 1. The average Bonchev–Trinajstić information content (AvgIpc) is 3.17. The van der Waals surface area contributed by atoms with Crippen LogP contribution in [0.3, 0.4) is 0 Å². The molecule has 0 radical (unpaired) electrons. The summed E-state index contributed by atoms with van der Waals surface area (Å²) in [5.41, 5.74) is 4.72. The van der Waals surface area contributed by atoms with E-state index < -0.39 is 13.9 Å². The number of rotatable bonds is 7. The van der Waals surface area contributed by atoms with Gasteiger partial charge in [0.1, 0.15) is 11.6 Å². The number of carbonyl (C=O) groups excluding carboxylic acids is 1. The van der Waals surface area contributed by atoms with E-state index in [-0.39, 0.29) is 5.78 Å². The van der Waals surface area contributed by atoms with Crippen molar-refractivity contribution < 1.29 is 14.0 Å². The first-order chi connectivity index (χ1) is 16.5. The molecule has 0 aliphatic carbocycles. The standard InChI is InChI=1S/C29H40N2O3Si/c1-18(2)35(19(3)4,20(5)6)34-29-14-15-31(23-10-12-24(33-9)13-11-23)28(29)30-26-17-22(8)21(7)16-25(26)27(29)32/h10-13,16-20H,14-15H2,1-9H3/t29-/m1/s1. The highest BCUT2D eigenvalue weighted by atomic mass is 28.4. The summed E-state index contributed by atoms with van der Waals surface area (Å²) in [6.45, 7) is 18.4. The lowest BCUT2D eigenvalue weighted by atomic mass is 9.86. The van der Waals surface area contributed by atoms with Crippen LogP contribution >= 0.6 is 0 Å². The monoisotopic (exact) mass is 492 g/mol. The minimum absolute atomic E-state index is 0.0652. The Morgan fingerprint density at radius 1 is 0.943 bits per heavy atom. The average molecular weight is 493 g/mol. The van der Waals surface area contributed by atoms with Crippen LogP contribution in [-0.4, -0.2) is 39.2 Å². The Morgan fingerprint density at radius 2 is 1.51 bits per heavy atom. The number of nitrogens with zero attached hydrogens (tertiary/aromatic N) is 2. The van der Waals surface area contributed by atoms with Crippen molar-refractivity contribution in [3.8, 4) is 5.75 Å². The van der Waals surface area contributed by atoms with Gasteiger partial charge in [-0.3, -0.25) is 4.79 Å². The molecule has 5 nitrogen and oxygen atoms in total. The van der Waals surface area contributed by atoms with Gasteiger partial charge < -0.3 is 14.1 Å². The number of aryl methyl sites for hydroxylation is 2. The largest absolute Gasteiger partial charge is 0.497 e. The van der Waals surface area contributed by atoms with Gasteiger partial charge in [-0.2, -0.15) is 0 Å². The topological polar surface area (TPSA) is 51.1 Å². The minimum atomic E-state index is -2.39. The Bertz CT molecular complexity index is 1130. The SMILES string of the molecule is COc1ccc(N2CC[C@@]3(O[Si](C(C)C)(C(C)C)C(C)C)C(=O)c4cc(C)c(C)cc4N=C23)cc1. The van der Waals surface area contributed by atoms with Gasteiger partial charge in [0.15, 0.2) is 5.60 Å². The van der Waals surface area contributed by atoms with E-state index >= 15 is 0 Å². The maximum Gasteiger partial charge on any atom is 0.203 e. The number of ketones is 1. The summed E-state index contributed by atoms with van der Waals surface area (Å²) in [5.74, 6) is 1.61. The molecular weight excluding hydrogens is 452 g/mol. The van der Waals surface area contributed by atoms with Crippen molar-refractivity contribution in [1.82, 2.24) is 0 Å². The molecule has 0 spiro atoms. The van der Waals surface area contributed by atoms with Gasteiger partial charge in [0.25, 0.3) is 0 Å². The molecule has 0 bridgehead atoms. The number of carbonyl (C=O) groups is 1. The number of ether oxygens (including phenoxy) is 1. The van der Waals surface area contributed by atoms with E-state index in [1.165, 1.54) is 0 Å². The minimum Gasteiger partial charge on any atom is -0.497 e. The maximum absolute atomic E-state index is 14.5. The zero-order valence-electron chi connectivity index (χ0n) is 22.7. The van der Waals surface area contributed by atoms with Crippen molar-refractivity contribution in [2.75, 3.05) is 18.6 Å². The van der Waals surface area contributed by atoms with Gasteiger partial charge in [-0.25, -0.2) is 4.99 Å². The van der Waals surface area contributed by atoms with Gasteiger partial charge in [-0.15, -0.1) is 0 Å². The maximum atomic E-state index is 14.5. The molecule has 1 saturated heterocycles. The van der Waals surface area contributed by atoms with E-state index in [4.69, 9.17) is 14.2 Å². The molecule has 0 amide bonds. The van der Waals surface area contributed by atoms with E-state index in [1.54, 1.807) is 7.11 Å². The fourth-order valence-electron chi connectivity index (χ4n) is 6.29. The molecule has 0 aromatic heterocycles. The molecule has 4 rings (SSSR count). The van der Waals surface area contributed by atoms with Crippen LogP contribution in [-0.2, 0) is 4.43 Å². The van der Waals surface area contributed by atoms with Crippen LogP contribution in [0.2, 0.25) is 16.6 Å². The lowest BCUT2D eigenvalue weighted by molar-refractivity contribution is 0.0622. The van der Waals surface area contributed by atoms with Gasteiger partial charge in [0, 0.05) is 24.2 Å². The number of Topliss-reactive ketones (excluding diaryl/α,β-unsaturated/α-hetero) is 1. The molecule has 2 heterocycles. The van der Waals surface area contributed by atoms with E-state index in [9.17, 15) is 4.79 Å². The molecule has 6 heteroatoms. The van der Waals surface area contributed by atoms with Crippen LogP contribution in [0.25, 0.3) is 0 Å². The number of anilines is 1. The zero-order chi connectivity index (χ0) is 25.7. The summed E-state index contributed by atoms with van der Waals surface area (Å²) < 4.78 is 12.8. The van der Waals surface area contributed by atoms with Crippen molar-refractivity contribution in [3.63, 3.8) is 0 Å². The number of aliphatic imine (C=N–C) groups is 1. The van der Waals surface area contributed by atoms with E-state index in [2.05, 4.69) is 60.3 Å². The zero-order valence-corrected chi connectivity index (χ0v) is 23.7. The summed E-state index contributed by atoms with van der Waals surface area (Å²) in [5, 5.41) is 0. The number of methoxy groups -OCH3 is 1. The van der Waals surface area contributed by atoms with E-state index in [0.717, 1.165) is 34.1 Å². The van der Waals surface area contributed by atoms with Gasteiger partial charge in [-0.1, -0.05) is 41.5 Å². The summed E-state index contributed by atoms with van der Waals surface area (Å²) in [6, 6.07) is 12.0. The summed E-state index contributed by atoms with van der Waals surface area (Å²) in [7, 11) is -0.722. The molecular formula is C29H40N2O3Si. The van der Waals surface area contributed by atoms with Gasteiger partial charge in [-0.05, 0) is 78.0 Å². The Morgan fingerprint density at radius 3 is 2.06 bits per heavy atom. The fraction of sp³-hybridized carbons (Fsp3) is 0.517. The second-order valence-corrected chi connectivity index (χ2v) is 16.4. The highest BCUT2D eigenvalue weighted by molar-refractivity contribution is 6.78. The van der Waals surface area contributed by atoms with Crippen molar-refractivity contribution in [1.29, 1.82) is 0 Å². The predicted molar refractivity (Wildman–Crippen MR) is 147 cm³/mol. The van der Waals surface area contributed by atoms with Gasteiger partial charge in [0.05, 0.1) is 12.8 Å². The van der Waals surface area contributed by atoms with Crippen LogP contribution in [0.1, 0.15) is 69.4 Å². The second-order valence-electron chi connectivity index (χ2n) is 11.1. The van der Waals surface area contributed by atoms with E-state index in [1.807, 2.05) is 36.4 Å². The molecule has 1 atom stereocenters.